The van der Waals surface area contributed by atoms with Crippen LogP contribution >= 0.6 is 0 Å². The Labute approximate surface area is 469 Å². The molecule has 6 atom stereocenters. The number of hydrogen-bond donors (Lipinski definition) is 6. The van der Waals surface area contributed by atoms with Crippen LogP contribution in [0.25, 0.3) is 27.8 Å². The molecule has 81 heavy (non-hydrogen) atoms. The number of benzene rings is 3. The summed E-state index contributed by atoms with van der Waals surface area (Å²) in [5.74, 6) is -1.73. The molecule has 5 aromatic rings. The number of aliphatic hydroxyl groups is 1. The van der Waals surface area contributed by atoms with Gasteiger partial charge in [-0.3, -0.25) is 20.0 Å². The van der Waals surface area contributed by atoms with Crippen molar-refractivity contribution in [3.05, 3.63) is 124 Å². The summed E-state index contributed by atoms with van der Waals surface area (Å²) in [5.41, 5.74) is 15.3. The van der Waals surface area contributed by atoms with Crippen LogP contribution in [-0.4, -0.2) is 135 Å². The maximum atomic E-state index is 16.7. The maximum Gasteiger partial charge on any atom is 0.248 e. The van der Waals surface area contributed by atoms with E-state index in [1.807, 2.05) is 69.3 Å². The fourth-order valence-electron chi connectivity index (χ4n) is 12.7. The van der Waals surface area contributed by atoms with Crippen LogP contribution in [0.4, 0.5) is 20.2 Å². The molecule has 4 saturated heterocycles. The van der Waals surface area contributed by atoms with Crippen molar-refractivity contribution in [1.29, 1.82) is 0 Å². The van der Waals surface area contributed by atoms with Gasteiger partial charge >= 0.3 is 0 Å². The number of aliphatic imine (C=N–C) groups is 1. The van der Waals surface area contributed by atoms with Crippen LogP contribution < -0.4 is 31.8 Å². The highest BCUT2D eigenvalue weighted by Crippen LogP contribution is 2.54. The number of rotatable bonds is 17. The van der Waals surface area contributed by atoms with E-state index in [-0.39, 0.29) is 65.8 Å². The predicted octanol–water partition coefficient (Wildman–Crippen LogP) is 6.15. The van der Waals surface area contributed by atoms with Gasteiger partial charge in [0.1, 0.15) is 30.2 Å². The lowest BCUT2D eigenvalue weighted by atomic mass is 9.87. The first-order valence-corrected chi connectivity index (χ1v) is 28.6. The predicted molar refractivity (Wildman–Crippen MR) is 303 cm³/mol. The molecule has 1 unspecified atom stereocenters. The molecule has 18 nitrogen and oxygen atoms in total. The molecule has 12 rings (SSSR count). The highest BCUT2D eigenvalue weighted by atomic mass is 19.2. The minimum Gasteiger partial charge on any atom is -0.486 e. The number of fused-ring (bicyclic) bond motifs is 3. The molecule has 0 spiro atoms. The Balaban J connectivity index is 0.802. The first kappa shape index (κ1) is 54.2. The van der Waals surface area contributed by atoms with E-state index in [2.05, 4.69) is 42.2 Å². The molecule has 5 fully saturated rings. The van der Waals surface area contributed by atoms with Crippen molar-refractivity contribution in [2.24, 2.45) is 10.9 Å². The largest absolute Gasteiger partial charge is 0.486 e. The van der Waals surface area contributed by atoms with Gasteiger partial charge < -0.3 is 50.8 Å². The van der Waals surface area contributed by atoms with E-state index < -0.39 is 36.1 Å². The molecule has 20 heteroatoms. The van der Waals surface area contributed by atoms with Gasteiger partial charge in [-0.05, 0) is 117 Å². The number of halogens is 2. The fraction of sp³-hybridized carbons (Fsp3) is 0.459. The lowest BCUT2D eigenvalue weighted by Gasteiger charge is -2.38. The number of amides is 2. The number of nitrogens with two attached hydrogens (primary N) is 2. The van der Waals surface area contributed by atoms with Crippen LogP contribution in [0, 0.1) is 24.5 Å². The molecule has 2 bridgehead atoms. The Morgan fingerprint density at radius 2 is 1.85 bits per heavy atom. The number of allylic oxidation sites excluding steroid dienone is 3. The number of hydrogen-bond acceptors (Lipinski definition) is 14. The zero-order valence-corrected chi connectivity index (χ0v) is 46.0. The average Bonchev–Trinajstić information content (AvgIpc) is 3.96. The third-order valence-electron chi connectivity index (χ3n) is 17.2. The fourth-order valence-corrected chi connectivity index (χ4v) is 12.7. The number of anilines is 2. The number of aliphatic hydroxyl groups excluding tert-OH is 1. The number of amidine groups is 1. The number of carbonyl (C=O) groups excluding carboxylic acids is 2. The van der Waals surface area contributed by atoms with Crippen LogP contribution in [0.3, 0.4) is 0 Å². The number of piperazine rings is 1. The number of carbonyl (C=O) groups is 2. The number of nitrogens with zero attached hydrogens (tertiary/aromatic N) is 7. The van der Waals surface area contributed by atoms with Gasteiger partial charge in [0.15, 0.2) is 23.6 Å². The molecule has 3 aromatic carbocycles. The summed E-state index contributed by atoms with van der Waals surface area (Å²) in [6.07, 6.45) is 14.3. The van der Waals surface area contributed by atoms with Crippen molar-refractivity contribution in [2.75, 3.05) is 57.1 Å². The smallest absolute Gasteiger partial charge is 0.248 e. The second-order valence-electron chi connectivity index (χ2n) is 22.9. The molecule has 424 valence electrons. The van der Waals surface area contributed by atoms with Crippen LogP contribution in [0.15, 0.2) is 83.6 Å². The standard InChI is InChI=1S/C61H70F2N12O6/c1-33(2)56(60(78)73-21-5-7-51(73)59(77)68-50(31-76)39-16-14-36(15-17-39)43-6-4-20-66-34(43)3)75-30-49(71-72-75)38-10-8-35(9-11-38)32-80-57-53(52-46(27-64)48(65)26-47(62)54(52)63)44(37-12-13-37)25-45-55(57)69-61(81-42-18-22-79-23-19-42)70-58(45)74-29-40-24-41(74)28-67-40/h4,6,8,10,14-17,20,25-27,30,33,37,40-42,50-51,56,61,64,67,69,76H,5,7,9,11-13,18-19,21-24,28-29,31-32,65H2,1-3H3,(H,68,77)/p+1/t40-,41-,50-,51-,56-,61?/m0/s1. The lowest BCUT2D eigenvalue weighted by molar-refractivity contribution is -0.142. The van der Waals surface area contributed by atoms with Gasteiger partial charge in [-0.25, -0.2) is 18.5 Å². The minimum atomic E-state index is -1.09. The van der Waals surface area contributed by atoms with Crippen LogP contribution in [-0.2, 0) is 19.1 Å². The highest BCUT2D eigenvalue weighted by molar-refractivity contribution is 6.09. The monoisotopic (exact) mass is 1110 g/mol. The van der Waals surface area contributed by atoms with Gasteiger partial charge in [0.05, 0.1) is 36.2 Å². The van der Waals surface area contributed by atoms with E-state index >= 15 is 8.78 Å². The van der Waals surface area contributed by atoms with Crippen molar-refractivity contribution >= 4 is 40.8 Å². The Bertz CT molecular complexity index is 3330. The molecule has 7 aliphatic rings. The van der Waals surface area contributed by atoms with Crippen molar-refractivity contribution in [2.45, 2.75) is 127 Å². The lowest BCUT2D eigenvalue weighted by Crippen LogP contribution is -2.50. The Kier molecular flexibility index (Phi) is 15.3. The minimum absolute atomic E-state index is 0.00743. The summed E-state index contributed by atoms with van der Waals surface area (Å²) in [6.45, 7) is 8.82. The van der Waals surface area contributed by atoms with E-state index in [0.717, 1.165) is 88.9 Å². The zero-order chi connectivity index (χ0) is 56.1. The number of ether oxygens (including phenoxy) is 3. The first-order chi connectivity index (χ1) is 39.3. The number of aromatic nitrogens is 4. The van der Waals surface area contributed by atoms with E-state index in [4.69, 9.17) is 30.3 Å². The van der Waals surface area contributed by atoms with Gasteiger partial charge in [0.2, 0.25) is 18.2 Å². The molecular weight excluding hydrogens is 1030 g/mol. The van der Waals surface area contributed by atoms with Gasteiger partial charge in [-0.15, -0.1) is 5.10 Å². The van der Waals surface area contributed by atoms with E-state index in [1.165, 1.54) is 6.21 Å². The SMILES string of the molecule is Cc1ncccc1-c1ccc([C@H](CO)NC(=O)[C@@H]2CCCN2C(=O)[C@H](C(C)C)n2cc(C3=CC=C(COc4c5c(cc(C6CC6)c4-c4c(F)c(F)cc(N)c4C=[NH2+])C(N4C[C@@H]6C[C@H]4CN6)=NC(OC4CCOCC4)N5)CC3)nn2)cc1. The Hall–Kier alpha value is -7.39. The number of aryl methyl sites for hydroxylation is 1. The molecule has 2 aromatic heterocycles. The Morgan fingerprint density at radius 1 is 1.04 bits per heavy atom. The van der Waals surface area contributed by atoms with E-state index in [1.54, 1.807) is 22.0 Å². The second kappa shape index (κ2) is 22.9. The Morgan fingerprint density at radius 3 is 2.54 bits per heavy atom. The van der Waals surface area contributed by atoms with Crippen LogP contribution in [0.1, 0.15) is 123 Å². The molecule has 7 heterocycles. The summed E-state index contributed by atoms with van der Waals surface area (Å²) in [6, 6.07) is 13.1. The summed E-state index contributed by atoms with van der Waals surface area (Å²) in [5, 5.41) is 36.0. The summed E-state index contributed by atoms with van der Waals surface area (Å²) >= 11 is 0. The van der Waals surface area contributed by atoms with Crippen molar-refractivity contribution < 1.29 is 43.1 Å². The zero-order valence-electron chi connectivity index (χ0n) is 46.0. The van der Waals surface area contributed by atoms with Crippen LogP contribution in [0.5, 0.6) is 5.75 Å². The van der Waals surface area contributed by atoms with Crippen LogP contribution in [0.2, 0.25) is 0 Å². The highest BCUT2D eigenvalue weighted by Gasteiger charge is 2.45. The molecule has 0 radical (unpaired) electrons. The van der Waals surface area contributed by atoms with Gasteiger partial charge in [-0.2, -0.15) is 0 Å². The number of likely N-dealkylation sites (tertiary alicyclic amines) is 2. The van der Waals surface area contributed by atoms with Gasteiger partial charge in [0.25, 0.3) is 0 Å². The van der Waals surface area contributed by atoms with Crippen molar-refractivity contribution in [3.8, 4) is 28.0 Å². The first-order valence-electron chi connectivity index (χ1n) is 28.6. The third kappa shape index (κ3) is 10.7. The summed E-state index contributed by atoms with van der Waals surface area (Å²) < 4.78 is 53.4. The molecular formula is C61H71F2N12O6+. The normalized spacial score (nSPS) is 22.4. The van der Waals surface area contributed by atoms with Gasteiger partial charge in [0, 0.05) is 90.8 Å². The number of nitrogen functional groups attached to an aromatic ring is 1. The average molecular weight is 1110 g/mol. The summed E-state index contributed by atoms with van der Waals surface area (Å²) in [4.78, 5) is 42.3. The maximum absolute atomic E-state index is 16.7. The molecule has 2 amide bonds. The second-order valence-corrected chi connectivity index (χ2v) is 22.9. The molecule has 1 saturated carbocycles. The van der Waals surface area contributed by atoms with Gasteiger partial charge in [-0.1, -0.05) is 61.5 Å². The topological polar surface area (TPSA) is 232 Å². The quantitative estimate of drug-likeness (QED) is 0.0454. The third-order valence-corrected chi connectivity index (χ3v) is 17.2. The number of nitrogens with one attached hydrogen (secondary N) is 3. The molecule has 5 aliphatic heterocycles. The van der Waals surface area contributed by atoms with Crippen molar-refractivity contribution in [1.82, 2.24) is 40.4 Å². The molecule has 2 aliphatic carbocycles. The van der Waals surface area contributed by atoms with Crippen molar-refractivity contribution in [3.63, 3.8) is 0 Å². The number of pyridine rings is 1. The molecule has 8 N–H and O–H groups in total. The van der Waals surface area contributed by atoms with E-state index in [9.17, 15) is 14.7 Å². The summed E-state index contributed by atoms with van der Waals surface area (Å²) in [7, 11) is 0. The van der Waals surface area contributed by atoms with E-state index in [0.29, 0.717) is 87.0 Å².